The Hall–Kier alpha value is -1.62. The van der Waals surface area contributed by atoms with E-state index in [0.717, 1.165) is 6.42 Å². The molecule has 18 heavy (non-hydrogen) atoms. The molecule has 0 aliphatic rings. The Morgan fingerprint density at radius 1 is 1.39 bits per heavy atom. The topological polar surface area (TPSA) is 66.4 Å². The predicted octanol–water partition coefficient (Wildman–Crippen LogP) is 2.22. The Bertz CT molecular complexity index is 463. The summed E-state index contributed by atoms with van der Waals surface area (Å²) in [7, 11) is 0. The highest BCUT2D eigenvalue weighted by molar-refractivity contribution is 7.09. The van der Waals surface area contributed by atoms with Gasteiger partial charge in [-0.15, -0.1) is 11.3 Å². The first-order chi connectivity index (χ1) is 8.41. The van der Waals surface area contributed by atoms with Crippen LogP contribution in [-0.2, 0) is 16.0 Å². The van der Waals surface area contributed by atoms with Crippen LogP contribution in [0.25, 0.3) is 0 Å². The first-order valence-corrected chi connectivity index (χ1v) is 6.53. The zero-order valence-electron chi connectivity index (χ0n) is 10.7. The van der Waals surface area contributed by atoms with Crippen molar-refractivity contribution in [1.82, 2.24) is 5.32 Å². The van der Waals surface area contributed by atoms with Crippen molar-refractivity contribution in [3.63, 3.8) is 0 Å². The van der Waals surface area contributed by atoms with Crippen LogP contribution >= 0.6 is 11.3 Å². The quantitative estimate of drug-likeness (QED) is 0.804. The fourth-order valence-corrected chi connectivity index (χ4v) is 2.28. The third-order valence-electron chi connectivity index (χ3n) is 2.69. The lowest BCUT2D eigenvalue weighted by molar-refractivity contribution is -0.133. The van der Waals surface area contributed by atoms with E-state index in [9.17, 15) is 9.59 Å². The standard InChI is InChI=1S/C13H17NO3S/c1-8(7-11-5-4-6-18-11)14-12(15)9(2)10(3)13(16)17/h4-6,8H,7H2,1-3H3,(H,14,15)(H,16,17). The van der Waals surface area contributed by atoms with Gasteiger partial charge < -0.3 is 10.4 Å². The highest BCUT2D eigenvalue weighted by Crippen LogP contribution is 2.11. The molecule has 98 valence electrons. The van der Waals surface area contributed by atoms with Gasteiger partial charge >= 0.3 is 5.97 Å². The number of rotatable bonds is 5. The average Bonchev–Trinajstić information content (AvgIpc) is 2.79. The first kappa shape index (κ1) is 14.4. The number of carboxylic acid groups (broad SMARTS) is 1. The average molecular weight is 267 g/mol. The van der Waals surface area contributed by atoms with Crippen molar-refractivity contribution in [2.45, 2.75) is 33.2 Å². The monoisotopic (exact) mass is 267 g/mol. The van der Waals surface area contributed by atoms with E-state index < -0.39 is 5.97 Å². The van der Waals surface area contributed by atoms with Gasteiger partial charge in [0.1, 0.15) is 0 Å². The minimum absolute atomic E-state index is 0.0207. The first-order valence-electron chi connectivity index (χ1n) is 5.65. The van der Waals surface area contributed by atoms with Gasteiger partial charge in [-0.1, -0.05) is 6.07 Å². The van der Waals surface area contributed by atoms with Crippen molar-refractivity contribution < 1.29 is 14.7 Å². The second-order valence-electron chi connectivity index (χ2n) is 4.21. The fraction of sp³-hybridized carbons (Fsp3) is 0.385. The number of hydrogen-bond donors (Lipinski definition) is 2. The third kappa shape index (κ3) is 4.00. The van der Waals surface area contributed by atoms with E-state index in [0.29, 0.717) is 0 Å². The van der Waals surface area contributed by atoms with Crippen LogP contribution in [0.5, 0.6) is 0 Å². The molecule has 0 aromatic carbocycles. The molecule has 1 heterocycles. The van der Waals surface area contributed by atoms with Gasteiger partial charge in [0.2, 0.25) is 5.91 Å². The highest BCUT2D eigenvalue weighted by atomic mass is 32.1. The van der Waals surface area contributed by atoms with Gasteiger partial charge in [0.05, 0.1) is 0 Å². The maximum absolute atomic E-state index is 11.8. The van der Waals surface area contributed by atoms with Gasteiger partial charge in [0.25, 0.3) is 0 Å². The van der Waals surface area contributed by atoms with Gasteiger partial charge in [-0.3, -0.25) is 4.79 Å². The van der Waals surface area contributed by atoms with Crippen LogP contribution < -0.4 is 5.32 Å². The summed E-state index contributed by atoms with van der Waals surface area (Å²) in [6.45, 7) is 4.86. The maximum Gasteiger partial charge on any atom is 0.331 e. The molecule has 0 radical (unpaired) electrons. The van der Waals surface area contributed by atoms with E-state index in [1.807, 2.05) is 24.4 Å². The van der Waals surface area contributed by atoms with Crippen LogP contribution in [-0.4, -0.2) is 23.0 Å². The Balaban J connectivity index is 2.59. The molecule has 4 nitrogen and oxygen atoms in total. The van der Waals surface area contributed by atoms with E-state index in [-0.39, 0.29) is 23.1 Å². The van der Waals surface area contributed by atoms with E-state index >= 15 is 0 Å². The summed E-state index contributed by atoms with van der Waals surface area (Å²) >= 11 is 1.64. The zero-order valence-corrected chi connectivity index (χ0v) is 11.5. The molecule has 0 saturated heterocycles. The lowest BCUT2D eigenvalue weighted by atomic mass is 10.1. The Kier molecular flexibility index (Phi) is 5.09. The summed E-state index contributed by atoms with van der Waals surface area (Å²) in [5, 5.41) is 13.6. The normalized spacial score (nSPS) is 13.7. The molecule has 0 spiro atoms. The molecule has 1 aromatic heterocycles. The number of carbonyl (C=O) groups is 2. The molecule has 0 saturated carbocycles. The lowest BCUT2D eigenvalue weighted by Crippen LogP contribution is -2.35. The summed E-state index contributed by atoms with van der Waals surface area (Å²) in [4.78, 5) is 23.7. The molecule has 1 aromatic rings. The van der Waals surface area contributed by atoms with Gasteiger partial charge in [-0.25, -0.2) is 4.79 Å². The van der Waals surface area contributed by atoms with E-state index in [2.05, 4.69) is 5.32 Å². The number of carboxylic acids is 1. The molecule has 1 amide bonds. The molecule has 1 atom stereocenters. The van der Waals surface area contributed by atoms with Crippen LogP contribution in [0, 0.1) is 0 Å². The lowest BCUT2D eigenvalue weighted by Gasteiger charge is -2.13. The van der Waals surface area contributed by atoms with Gasteiger partial charge in [-0.2, -0.15) is 0 Å². The van der Waals surface area contributed by atoms with Crippen molar-refractivity contribution in [2.75, 3.05) is 0 Å². The minimum Gasteiger partial charge on any atom is -0.478 e. The summed E-state index contributed by atoms with van der Waals surface area (Å²) in [5.41, 5.74) is 0.330. The van der Waals surface area contributed by atoms with Crippen molar-refractivity contribution in [3.05, 3.63) is 33.5 Å². The van der Waals surface area contributed by atoms with Crippen molar-refractivity contribution in [2.24, 2.45) is 0 Å². The fourth-order valence-electron chi connectivity index (χ4n) is 1.44. The predicted molar refractivity (Wildman–Crippen MR) is 71.6 cm³/mol. The number of amides is 1. The molecule has 5 heteroatoms. The van der Waals surface area contributed by atoms with Crippen LogP contribution in [0.15, 0.2) is 28.7 Å². The number of nitrogens with one attached hydrogen (secondary N) is 1. The van der Waals surface area contributed by atoms with Crippen LogP contribution in [0.3, 0.4) is 0 Å². The number of thiophene rings is 1. The van der Waals surface area contributed by atoms with Gasteiger partial charge in [-0.05, 0) is 32.2 Å². The number of carbonyl (C=O) groups excluding carboxylic acids is 1. The number of aliphatic carboxylic acids is 1. The summed E-state index contributed by atoms with van der Waals surface area (Å²) in [6.07, 6.45) is 0.753. The van der Waals surface area contributed by atoms with E-state index in [4.69, 9.17) is 5.11 Å². The van der Waals surface area contributed by atoms with Gasteiger partial charge in [0, 0.05) is 28.5 Å². The molecule has 2 N–H and O–H groups in total. The Labute approximate surface area is 110 Å². The van der Waals surface area contributed by atoms with Crippen LogP contribution in [0.4, 0.5) is 0 Å². The zero-order chi connectivity index (χ0) is 13.7. The molecule has 1 unspecified atom stereocenters. The van der Waals surface area contributed by atoms with E-state index in [1.54, 1.807) is 11.3 Å². The van der Waals surface area contributed by atoms with Crippen LogP contribution in [0.2, 0.25) is 0 Å². The molecule has 0 fully saturated rings. The van der Waals surface area contributed by atoms with E-state index in [1.165, 1.54) is 18.7 Å². The Morgan fingerprint density at radius 3 is 2.56 bits per heavy atom. The smallest absolute Gasteiger partial charge is 0.331 e. The largest absolute Gasteiger partial charge is 0.478 e. The molecule has 0 aliphatic heterocycles. The van der Waals surface area contributed by atoms with Crippen molar-refractivity contribution in [1.29, 1.82) is 0 Å². The summed E-state index contributed by atoms with van der Waals surface area (Å²) in [6, 6.07) is 3.96. The molecule has 0 bridgehead atoms. The van der Waals surface area contributed by atoms with Crippen LogP contribution in [0.1, 0.15) is 25.6 Å². The Morgan fingerprint density at radius 2 is 2.06 bits per heavy atom. The molecule has 0 aliphatic carbocycles. The molecule has 1 rings (SSSR count). The minimum atomic E-state index is -1.06. The second-order valence-corrected chi connectivity index (χ2v) is 5.25. The van der Waals surface area contributed by atoms with Crippen molar-refractivity contribution in [3.8, 4) is 0 Å². The second kappa shape index (κ2) is 6.35. The number of hydrogen-bond acceptors (Lipinski definition) is 3. The highest BCUT2D eigenvalue weighted by Gasteiger charge is 2.15. The molecular formula is C13H17NO3S. The summed E-state index contributed by atoms with van der Waals surface area (Å²) < 4.78 is 0. The molecular weight excluding hydrogens is 250 g/mol. The third-order valence-corrected chi connectivity index (χ3v) is 3.59. The maximum atomic E-state index is 11.8. The summed E-state index contributed by atoms with van der Waals surface area (Å²) in [5.74, 6) is -1.38. The SMILES string of the molecule is CC(C(=O)O)=C(C)C(=O)NC(C)Cc1cccs1. The van der Waals surface area contributed by atoms with Gasteiger partial charge in [0.15, 0.2) is 0 Å². The van der Waals surface area contributed by atoms with Crippen molar-refractivity contribution >= 4 is 23.2 Å².